The molecular weight excluding hydrogens is 140 g/mol. The van der Waals surface area contributed by atoms with Gasteiger partial charge in [-0.25, -0.2) is 0 Å². The second-order valence-electron chi connectivity index (χ2n) is 2.66. The van der Waals surface area contributed by atoms with Gasteiger partial charge in [0, 0.05) is 26.7 Å². The van der Waals surface area contributed by atoms with Crippen LogP contribution in [0.4, 0.5) is 0 Å². The zero-order valence-corrected chi connectivity index (χ0v) is 7.42. The Labute approximate surface area is 67.9 Å². The van der Waals surface area contributed by atoms with Gasteiger partial charge in [-0.2, -0.15) is 0 Å². The summed E-state index contributed by atoms with van der Waals surface area (Å²) < 4.78 is 0. The highest BCUT2D eigenvalue weighted by Gasteiger charge is 1.97. The largest absolute Gasteiger partial charge is 0.356 e. The van der Waals surface area contributed by atoms with Crippen molar-refractivity contribution >= 4 is 12.1 Å². The summed E-state index contributed by atoms with van der Waals surface area (Å²) in [6.45, 7) is 4.34. The van der Waals surface area contributed by atoms with Crippen LogP contribution < -0.4 is 5.32 Å². The summed E-state index contributed by atoms with van der Waals surface area (Å²) in [4.78, 5) is 14.3. The van der Waals surface area contributed by atoms with Crippen molar-refractivity contribution in [3.8, 4) is 0 Å². The predicted octanol–water partition coefficient (Wildman–Crippen LogP) is 0.849. The molecule has 0 aliphatic rings. The Bertz CT molecular complexity index is 143. The molecule has 1 unspecified atom stereocenters. The number of hydrogen-bond acceptors (Lipinski definition) is 2. The van der Waals surface area contributed by atoms with E-state index in [-0.39, 0.29) is 5.91 Å². The van der Waals surface area contributed by atoms with Gasteiger partial charge >= 0.3 is 0 Å². The fourth-order valence-corrected chi connectivity index (χ4v) is 0.805. The molecule has 0 saturated heterocycles. The summed E-state index contributed by atoms with van der Waals surface area (Å²) in [5.41, 5.74) is 0. The predicted molar refractivity (Wildman–Crippen MR) is 46.9 cm³/mol. The first-order chi connectivity index (χ1) is 5.16. The SMILES string of the molecule is CN=CC(C)CCNC(C)=O. The zero-order valence-electron chi connectivity index (χ0n) is 7.42. The lowest BCUT2D eigenvalue weighted by molar-refractivity contribution is -0.118. The highest BCUT2D eigenvalue weighted by Crippen LogP contribution is 1.95. The highest BCUT2D eigenvalue weighted by atomic mass is 16.1. The molecule has 3 nitrogen and oxygen atoms in total. The lowest BCUT2D eigenvalue weighted by Gasteiger charge is -2.04. The average molecular weight is 156 g/mol. The lowest BCUT2D eigenvalue weighted by atomic mass is 10.1. The Balaban J connectivity index is 3.31. The van der Waals surface area contributed by atoms with Crippen molar-refractivity contribution in [1.29, 1.82) is 0 Å². The fraction of sp³-hybridized carbons (Fsp3) is 0.750. The molecule has 0 heterocycles. The van der Waals surface area contributed by atoms with E-state index in [9.17, 15) is 4.79 Å². The molecule has 0 bridgehead atoms. The molecule has 0 fully saturated rings. The topological polar surface area (TPSA) is 41.5 Å². The summed E-state index contributed by atoms with van der Waals surface area (Å²) in [7, 11) is 1.76. The van der Waals surface area contributed by atoms with Crippen LogP contribution in [0.2, 0.25) is 0 Å². The molecule has 0 aromatic carbocycles. The summed E-state index contributed by atoms with van der Waals surface area (Å²) >= 11 is 0. The third-order valence-electron chi connectivity index (χ3n) is 1.38. The molecule has 0 spiro atoms. The normalized spacial score (nSPS) is 13.4. The number of aliphatic imine (C=N–C) groups is 1. The molecule has 0 aromatic rings. The van der Waals surface area contributed by atoms with Crippen molar-refractivity contribution in [2.45, 2.75) is 20.3 Å². The first kappa shape index (κ1) is 10.1. The minimum atomic E-state index is 0.0330. The quantitative estimate of drug-likeness (QED) is 0.602. The van der Waals surface area contributed by atoms with Crippen molar-refractivity contribution in [2.24, 2.45) is 10.9 Å². The Kier molecular flexibility index (Phi) is 5.43. The lowest BCUT2D eigenvalue weighted by Crippen LogP contribution is -2.22. The molecule has 1 atom stereocenters. The molecule has 0 aliphatic carbocycles. The summed E-state index contributed by atoms with van der Waals surface area (Å²) in [5.74, 6) is 0.484. The van der Waals surface area contributed by atoms with Crippen LogP contribution in [-0.4, -0.2) is 25.7 Å². The number of hydrogen-bond donors (Lipinski definition) is 1. The molecule has 1 amide bonds. The van der Waals surface area contributed by atoms with Crippen LogP contribution in [0.1, 0.15) is 20.3 Å². The third-order valence-corrected chi connectivity index (χ3v) is 1.38. The van der Waals surface area contributed by atoms with Gasteiger partial charge in [-0.1, -0.05) is 6.92 Å². The maximum atomic E-state index is 10.4. The van der Waals surface area contributed by atoms with Crippen LogP contribution in [-0.2, 0) is 4.79 Å². The van der Waals surface area contributed by atoms with Gasteiger partial charge in [-0.05, 0) is 12.3 Å². The number of carbonyl (C=O) groups is 1. The molecule has 0 rings (SSSR count). The molecule has 64 valence electrons. The van der Waals surface area contributed by atoms with Crippen molar-refractivity contribution in [3.05, 3.63) is 0 Å². The van der Waals surface area contributed by atoms with Crippen LogP contribution in [0.15, 0.2) is 4.99 Å². The number of nitrogens with one attached hydrogen (secondary N) is 1. The second-order valence-corrected chi connectivity index (χ2v) is 2.66. The first-order valence-electron chi connectivity index (χ1n) is 3.83. The van der Waals surface area contributed by atoms with Gasteiger partial charge in [-0.15, -0.1) is 0 Å². The minimum absolute atomic E-state index is 0.0330. The highest BCUT2D eigenvalue weighted by molar-refractivity contribution is 5.72. The van der Waals surface area contributed by atoms with E-state index < -0.39 is 0 Å². The fourth-order valence-electron chi connectivity index (χ4n) is 0.805. The van der Waals surface area contributed by atoms with Crippen LogP contribution in [0.5, 0.6) is 0 Å². The molecule has 0 saturated carbocycles. The second kappa shape index (κ2) is 5.89. The van der Waals surface area contributed by atoms with Crippen molar-refractivity contribution in [1.82, 2.24) is 5.32 Å². The smallest absolute Gasteiger partial charge is 0.216 e. The van der Waals surface area contributed by atoms with E-state index in [1.54, 1.807) is 7.05 Å². The van der Waals surface area contributed by atoms with E-state index in [1.807, 2.05) is 6.21 Å². The van der Waals surface area contributed by atoms with Gasteiger partial charge in [0.2, 0.25) is 5.91 Å². The molecule has 0 aliphatic heterocycles. The molecular formula is C8H16N2O. The number of rotatable bonds is 4. The molecule has 11 heavy (non-hydrogen) atoms. The van der Waals surface area contributed by atoms with Crippen molar-refractivity contribution in [3.63, 3.8) is 0 Å². The van der Waals surface area contributed by atoms with E-state index in [1.165, 1.54) is 6.92 Å². The molecule has 0 radical (unpaired) electrons. The third kappa shape index (κ3) is 7.03. The van der Waals surface area contributed by atoms with Gasteiger partial charge in [0.15, 0.2) is 0 Å². The Morgan fingerprint density at radius 3 is 2.82 bits per heavy atom. The first-order valence-corrected chi connectivity index (χ1v) is 3.83. The molecule has 0 aromatic heterocycles. The number of amides is 1. The van der Waals surface area contributed by atoms with Crippen molar-refractivity contribution < 1.29 is 4.79 Å². The monoisotopic (exact) mass is 156 g/mol. The van der Waals surface area contributed by atoms with Crippen molar-refractivity contribution in [2.75, 3.05) is 13.6 Å². The number of carbonyl (C=O) groups excluding carboxylic acids is 1. The van der Waals surface area contributed by atoms with Gasteiger partial charge in [0.05, 0.1) is 0 Å². The van der Waals surface area contributed by atoms with E-state index in [4.69, 9.17) is 0 Å². The maximum Gasteiger partial charge on any atom is 0.216 e. The van der Waals surface area contributed by atoms with Crippen LogP contribution in [0, 0.1) is 5.92 Å². The van der Waals surface area contributed by atoms with E-state index in [0.717, 1.165) is 13.0 Å². The van der Waals surface area contributed by atoms with Crippen LogP contribution in [0.3, 0.4) is 0 Å². The van der Waals surface area contributed by atoms with Gasteiger partial charge in [0.25, 0.3) is 0 Å². The standard InChI is InChI=1S/C8H16N2O/c1-7(6-9-3)4-5-10-8(2)11/h6-7H,4-5H2,1-3H3,(H,10,11). The van der Waals surface area contributed by atoms with Crippen LogP contribution in [0.25, 0.3) is 0 Å². The Morgan fingerprint density at radius 2 is 2.36 bits per heavy atom. The average Bonchev–Trinajstić information content (AvgIpc) is 1.87. The van der Waals surface area contributed by atoms with Gasteiger partial charge in [0.1, 0.15) is 0 Å². The summed E-state index contributed by atoms with van der Waals surface area (Å²) in [5, 5.41) is 2.73. The minimum Gasteiger partial charge on any atom is -0.356 e. The van der Waals surface area contributed by atoms with Gasteiger partial charge < -0.3 is 10.3 Å². The Morgan fingerprint density at radius 1 is 1.73 bits per heavy atom. The van der Waals surface area contributed by atoms with E-state index in [2.05, 4.69) is 17.2 Å². The molecule has 1 N–H and O–H groups in total. The maximum absolute atomic E-state index is 10.4. The van der Waals surface area contributed by atoms with Gasteiger partial charge in [-0.3, -0.25) is 4.79 Å². The van der Waals surface area contributed by atoms with E-state index >= 15 is 0 Å². The summed E-state index contributed by atoms with van der Waals surface area (Å²) in [6, 6.07) is 0. The van der Waals surface area contributed by atoms with Crippen LogP contribution >= 0.6 is 0 Å². The number of nitrogens with zero attached hydrogens (tertiary/aromatic N) is 1. The Hall–Kier alpha value is -0.860. The molecule has 3 heteroatoms. The summed E-state index contributed by atoms with van der Waals surface area (Å²) in [6.07, 6.45) is 2.85. The van der Waals surface area contributed by atoms with E-state index in [0.29, 0.717) is 5.92 Å². The zero-order chi connectivity index (χ0) is 8.69.